The minimum absolute atomic E-state index is 0.123. The Morgan fingerprint density at radius 2 is 2.21 bits per heavy atom. The molecule has 0 atom stereocenters. The Morgan fingerprint density at radius 3 is 3.00 bits per heavy atom. The number of carbonyl (C=O) groups is 1. The monoisotopic (exact) mass is 359 g/mol. The predicted molar refractivity (Wildman–Crippen MR) is 90.0 cm³/mol. The number of fused-ring (bicyclic) bond motifs is 1. The molecule has 0 unspecified atom stereocenters. The molecule has 0 aliphatic rings. The molecule has 0 saturated carbocycles. The number of hydrogen-bond acceptors (Lipinski definition) is 6. The number of nitrogens with one attached hydrogen (secondary N) is 1. The Hall–Kier alpha value is -2.64. The number of nitrogens with zero attached hydrogens (tertiary/aromatic N) is 2. The van der Waals surface area contributed by atoms with Crippen LogP contribution in [0.5, 0.6) is 0 Å². The summed E-state index contributed by atoms with van der Waals surface area (Å²) in [5.41, 5.74) is 1.84. The Labute approximate surface area is 145 Å². The number of H-pyrrole nitrogens is 1. The molecule has 120 valence electrons. The smallest absolute Gasteiger partial charge is 0.356 e. The minimum atomic E-state index is -0.577. The van der Waals surface area contributed by atoms with Crippen LogP contribution in [0.15, 0.2) is 45.6 Å². The highest BCUT2D eigenvalue weighted by Gasteiger charge is 2.19. The van der Waals surface area contributed by atoms with Crippen LogP contribution in [0.3, 0.4) is 0 Å². The van der Waals surface area contributed by atoms with Gasteiger partial charge in [0.1, 0.15) is 5.69 Å². The molecular formula is C16H10ClN3O3S. The first-order valence-electron chi connectivity index (χ1n) is 7.01. The van der Waals surface area contributed by atoms with E-state index in [1.54, 1.807) is 0 Å². The molecule has 0 aliphatic carbocycles. The highest BCUT2D eigenvalue weighted by atomic mass is 35.5. The van der Waals surface area contributed by atoms with Crippen LogP contribution in [0, 0.1) is 0 Å². The van der Waals surface area contributed by atoms with E-state index in [0.29, 0.717) is 10.8 Å². The normalized spacial score (nSPS) is 11.0. The van der Waals surface area contributed by atoms with Gasteiger partial charge in [0.25, 0.3) is 5.89 Å². The van der Waals surface area contributed by atoms with Crippen molar-refractivity contribution in [2.75, 3.05) is 0 Å². The lowest BCUT2D eigenvalue weighted by atomic mass is 10.2. The summed E-state index contributed by atoms with van der Waals surface area (Å²) in [4.78, 5) is 19.4. The van der Waals surface area contributed by atoms with Gasteiger partial charge < -0.3 is 14.2 Å². The van der Waals surface area contributed by atoms with Gasteiger partial charge in [-0.15, -0.1) is 0 Å². The van der Waals surface area contributed by atoms with Crippen molar-refractivity contribution in [3.8, 4) is 11.4 Å². The molecule has 8 heteroatoms. The van der Waals surface area contributed by atoms with Crippen molar-refractivity contribution < 1.29 is 14.1 Å². The number of benzene rings is 1. The van der Waals surface area contributed by atoms with Crippen LogP contribution in [0.4, 0.5) is 0 Å². The molecule has 3 heterocycles. The van der Waals surface area contributed by atoms with Crippen LogP contribution in [-0.4, -0.2) is 21.1 Å². The Kier molecular flexibility index (Phi) is 3.79. The van der Waals surface area contributed by atoms with Gasteiger partial charge >= 0.3 is 5.97 Å². The van der Waals surface area contributed by atoms with E-state index in [9.17, 15) is 4.79 Å². The van der Waals surface area contributed by atoms with Crippen LogP contribution >= 0.6 is 22.9 Å². The third-order valence-corrected chi connectivity index (χ3v) is 4.50. The third kappa shape index (κ3) is 2.68. The van der Waals surface area contributed by atoms with Crippen molar-refractivity contribution in [3.05, 3.63) is 57.7 Å². The molecular weight excluding hydrogens is 350 g/mol. The van der Waals surface area contributed by atoms with Crippen LogP contribution in [0.1, 0.15) is 16.4 Å². The molecule has 0 amide bonds. The van der Waals surface area contributed by atoms with Crippen LogP contribution in [0.2, 0.25) is 5.02 Å². The largest absolute Gasteiger partial charge is 0.451 e. The first-order valence-corrected chi connectivity index (χ1v) is 8.33. The zero-order chi connectivity index (χ0) is 16.5. The molecule has 0 radical (unpaired) electrons. The number of ether oxygens (including phenoxy) is 1. The molecule has 4 rings (SSSR count). The summed E-state index contributed by atoms with van der Waals surface area (Å²) in [6.45, 7) is -0.123. The maximum atomic E-state index is 12.2. The van der Waals surface area contributed by atoms with Gasteiger partial charge in [0.05, 0.1) is 5.02 Å². The van der Waals surface area contributed by atoms with Gasteiger partial charge in [-0.25, -0.2) is 4.79 Å². The SMILES string of the molecule is O=C(OCc1nc(-c2ccsc2)no1)c1[nH]c2ccccc2c1Cl. The highest BCUT2D eigenvalue weighted by molar-refractivity contribution is 7.08. The molecule has 3 aromatic heterocycles. The number of halogens is 1. The Bertz CT molecular complexity index is 1010. The van der Waals surface area contributed by atoms with Crippen molar-refractivity contribution in [3.63, 3.8) is 0 Å². The van der Waals surface area contributed by atoms with Crippen LogP contribution in [0.25, 0.3) is 22.3 Å². The predicted octanol–water partition coefficient (Wildman–Crippen LogP) is 4.29. The lowest BCUT2D eigenvalue weighted by Gasteiger charge is -2.00. The van der Waals surface area contributed by atoms with Crippen molar-refractivity contribution in [1.82, 2.24) is 15.1 Å². The van der Waals surface area contributed by atoms with Gasteiger partial charge in [-0.2, -0.15) is 16.3 Å². The third-order valence-electron chi connectivity index (χ3n) is 3.42. The van der Waals surface area contributed by atoms with E-state index in [1.165, 1.54) is 11.3 Å². The van der Waals surface area contributed by atoms with Crippen LogP contribution < -0.4 is 0 Å². The summed E-state index contributed by atoms with van der Waals surface area (Å²) in [6, 6.07) is 9.25. The molecule has 0 aliphatic heterocycles. The maximum absolute atomic E-state index is 12.2. The van der Waals surface area contributed by atoms with Crippen molar-refractivity contribution >= 4 is 39.8 Å². The number of thiophene rings is 1. The summed E-state index contributed by atoms with van der Waals surface area (Å²) in [6.07, 6.45) is 0. The van der Waals surface area contributed by atoms with Gasteiger partial charge in [0.15, 0.2) is 6.61 Å². The fraction of sp³-hybridized carbons (Fsp3) is 0.0625. The molecule has 0 fully saturated rings. The summed E-state index contributed by atoms with van der Waals surface area (Å²) in [5.74, 6) is 0.106. The highest BCUT2D eigenvalue weighted by Crippen LogP contribution is 2.27. The summed E-state index contributed by atoms with van der Waals surface area (Å²) >= 11 is 7.76. The van der Waals surface area contributed by atoms with Crippen molar-refractivity contribution in [2.45, 2.75) is 6.61 Å². The quantitative estimate of drug-likeness (QED) is 0.550. The van der Waals surface area contributed by atoms with Crippen LogP contribution in [-0.2, 0) is 11.3 Å². The van der Waals surface area contributed by atoms with E-state index in [-0.39, 0.29) is 18.2 Å². The second-order valence-corrected chi connectivity index (χ2v) is 6.12. The molecule has 24 heavy (non-hydrogen) atoms. The average molecular weight is 360 g/mol. The van der Waals surface area contributed by atoms with Gasteiger partial charge in [-0.3, -0.25) is 0 Å². The number of para-hydroxylation sites is 1. The van der Waals surface area contributed by atoms with E-state index in [2.05, 4.69) is 15.1 Å². The summed E-state index contributed by atoms with van der Waals surface area (Å²) in [5, 5.41) is 8.79. The summed E-state index contributed by atoms with van der Waals surface area (Å²) < 4.78 is 10.3. The fourth-order valence-electron chi connectivity index (χ4n) is 2.27. The number of aromatic amines is 1. The van der Waals surface area contributed by atoms with E-state index >= 15 is 0 Å². The molecule has 4 aromatic rings. The minimum Gasteiger partial charge on any atom is -0.451 e. The lowest BCUT2D eigenvalue weighted by molar-refractivity contribution is 0.0424. The van der Waals surface area contributed by atoms with E-state index in [4.69, 9.17) is 20.9 Å². The zero-order valence-electron chi connectivity index (χ0n) is 12.2. The Balaban J connectivity index is 1.49. The Morgan fingerprint density at radius 1 is 1.33 bits per heavy atom. The molecule has 1 aromatic carbocycles. The summed E-state index contributed by atoms with van der Waals surface area (Å²) in [7, 11) is 0. The number of rotatable bonds is 4. The molecule has 0 spiro atoms. The molecule has 0 bridgehead atoms. The number of hydrogen-bond donors (Lipinski definition) is 1. The zero-order valence-corrected chi connectivity index (χ0v) is 13.7. The van der Waals surface area contributed by atoms with E-state index in [1.807, 2.05) is 41.1 Å². The second kappa shape index (κ2) is 6.10. The van der Waals surface area contributed by atoms with Crippen molar-refractivity contribution in [1.29, 1.82) is 0 Å². The topological polar surface area (TPSA) is 81.0 Å². The first-order chi connectivity index (χ1) is 11.7. The lowest BCUT2D eigenvalue weighted by Crippen LogP contribution is -2.06. The van der Waals surface area contributed by atoms with Crippen molar-refractivity contribution in [2.24, 2.45) is 0 Å². The number of esters is 1. The van der Waals surface area contributed by atoms with Gasteiger partial charge in [-0.05, 0) is 17.5 Å². The average Bonchev–Trinajstić information content (AvgIpc) is 3.33. The fourth-order valence-corrected chi connectivity index (χ4v) is 3.19. The second-order valence-electron chi connectivity index (χ2n) is 4.96. The number of carbonyl (C=O) groups excluding carboxylic acids is 1. The molecule has 0 saturated heterocycles. The first kappa shape index (κ1) is 14.9. The van der Waals surface area contributed by atoms with Gasteiger partial charge in [-0.1, -0.05) is 35.0 Å². The maximum Gasteiger partial charge on any atom is 0.356 e. The molecule has 1 N–H and O–H groups in total. The van der Waals surface area contributed by atoms with E-state index < -0.39 is 5.97 Å². The number of aromatic nitrogens is 3. The van der Waals surface area contributed by atoms with E-state index in [0.717, 1.165) is 16.5 Å². The molecule has 6 nitrogen and oxygen atoms in total. The van der Waals surface area contributed by atoms with Gasteiger partial charge in [0, 0.05) is 21.8 Å². The standard InChI is InChI=1S/C16H10ClN3O3S/c17-13-10-3-1-2-4-11(10)18-14(13)16(21)22-7-12-19-15(20-23-12)9-5-6-24-8-9/h1-6,8,18H,7H2. The van der Waals surface area contributed by atoms with Gasteiger partial charge in [0.2, 0.25) is 5.82 Å².